The Morgan fingerprint density at radius 3 is 2.88 bits per heavy atom. The van der Waals surface area contributed by atoms with Gasteiger partial charge in [0.15, 0.2) is 0 Å². The van der Waals surface area contributed by atoms with Gasteiger partial charge in [0.2, 0.25) is 0 Å². The van der Waals surface area contributed by atoms with Gasteiger partial charge in [-0.15, -0.1) is 6.58 Å². The van der Waals surface area contributed by atoms with Gasteiger partial charge in [-0.1, -0.05) is 12.1 Å². The van der Waals surface area contributed by atoms with Crippen LogP contribution in [0, 0.1) is 13.8 Å². The molecule has 1 heterocycles. The average molecular weight is 219 g/mol. The second-order valence-electron chi connectivity index (χ2n) is 4.15. The van der Waals surface area contributed by atoms with Gasteiger partial charge in [0.25, 0.3) is 0 Å². The van der Waals surface area contributed by atoms with E-state index in [0.29, 0.717) is 0 Å². The summed E-state index contributed by atoms with van der Waals surface area (Å²) in [6.45, 7) is 7.84. The second-order valence-corrected chi connectivity index (χ2v) is 4.15. The van der Waals surface area contributed by atoms with Crippen molar-refractivity contribution in [3.8, 4) is 0 Å². The molecule has 0 aliphatic heterocycles. The predicted octanol–water partition coefficient (Wildman–Crippen LogP) is 2.56. The number of pyridine rings is 1. The Hall–Kier alpha value is -1.19. The summed E-state index contributed by atoms with van der Waals surface area (Å²) in [4.78, 5) is 4.46. The fourth-order valence-corrected chi connectivity index (χ4v) is 1.86. The third-order valence-electron chi connectivity index (χ3n) is 2.69. The first-order chi connectivity index (χ1) is 7.69. The zero-order valence-electron chi connectivity index (χ0n) is 10.2. The highest BCUT2D eigenvalue weighted by Gasteiger charge is 2.12. The highest BCUT2D eigenvalue weighted by Crippen LogP contribution is 2.20. The summed E-state index contributed by atoms with van der Waals surface area (Å²) < 4.78 is 0. The first-order valence-corrected chi connectivity index (χ1v) is 5.69. The first-order valence-electron chi connectivity index (χ1n) is 5.69. The lowest BCUT2D eigenvalue weighted by molar-refractivity contribution is 0.487. The number of nitrogens with zero attached hydrogens (tertiary/aromatic N) is 1. The second kappa shape index (κ2) is 6.40. The highest BCUT2D eigenvalue weighted by atomic mass is 15.2. The van der Waals surface area contributed by atoms with Crippen LogP contribution in [0.4, 0.5) is 0 Å². The fourth-order valence-electron chi connectivity index (χ4n) is 1.86. The number of hydrogen-bond donors (Lipinski definition) is 2. The van der Waals surface area contributed by atoms with E-state index in [2.05, 4.69) is 30.0 Å². The lowest BCUT2D eigenvalue weighted by Crippen LogP contribution is -2.29. The molecule has 1 rings (SSSR count). The Kier molecular flexibility index (Phi) is 5.15. The molecule has 0 radical (unpaired) electrons. The minimum absolute atomic E-state index is 0.139. The molecule has 1 atom stereocenters. The smallest absolute Gasteiger partial charge is 0.0635 e. The van der Waals surface area contributed by atoms with Crippen molar-refractivity contribution in [3.05, 3.63) is 41.7 Å². The quantitative estimate of drug-likeness (QED) is 0.334. The third-order valence-corrected chi connectivity index (χ3v) is 2.69. The number of aryl methyl sites for hydroxylation is 2. The van der Waals surface area contributed by atoms with Crippen LogP contribution in [0.1, 0.15) is 42.1 Å². The number of nitrogens with one attached hydrogen (secondary N) is 1. The zero-order valence-corrected chi connectivity index (χ0v) is 10.2. The highest BCUT2D eigenvalue weighted by molar-refractivity contribution is 5.25. The molecule has 0 bridgehead atoms. The van der Waals surface area contributed by atoms with E-state index >= 15 is 0 Å². The molecular weight excluding hydrogens is 198 g/mol. The molecule has 0 aliphatic rings. The third kappa shape index (κ3) is 3.43. The fraction of sp³-hybridized carbons (Fsp3) is 0.462. The van der Waals surface area contributed by atoms with Crippen molar-refractivity contribution in [2.24, 2.45) is 5.84 Å². The van der Waals surface area contributed by atoms with Crippen molar-refractivity contribution in [3.63, 3.8) is 0 Å². The number of rotatable bonds is 6. The van der Waals surface area contributed by atoms with Crippen LogP contribution < -0.4 is 11.3 Å². The minimum Gasteiger partial charge on any atom is -0.271 e. The van der Waals surface area contributed by atoms with Crippen molar-refractivity contribution in [1.29, 1.82) is 0 Å². The van der Waals surface area contributed by atoms with Gasteiger partial charge in [0.05, 0.1) is 11.7 Å². The van der Waals surface area contributed by atoms with Crippen LogP contribution in [0.2, 0.25) is 0 Å². The van der Waals surface area contributed by atoms with E-state index in [4.69, 9.17) is 5.84 Å². The zero-order chi connectivity index (χ0) is 12.0. The maximum atomic E-state index is 5.58. The van der Waals surface area contributed by atoms with E-state index in [1.165, 1.54) is 11.1 Å². The van der Waals surface area contributed by atoms with Gasteiger partial charge in [-0.05, 0) is 44.2 Å². The van der Waals surface area contributed by atoms with E-state index in [1.54, 1.807) is 0 Å². The average Bonchev–Trinajstić information content (AvgIpc) is 2.26. The Bertz CT molecular complexity index is 347. The summed E-state index contributed by atoms with van der Waals surface area (Å²) in [7, 11) is 0. The molecule has 3 heteroatoms. The summed E-state index contributed by atoms with van der Waals surface area (Å²) >= 11 is 0. The lowest BCUT2D eigenvalue weighted by atomic mass is 10.0. The van der Waals surface area contributed by atoms with E-state index in [0.717, 1.165) is 25.0 Å². The van der Waals surface area contributed by atoms with Crippen molar-refractivity contribution in [2.45, 2.75) is 39.2 Å². The van der Waals surface area contributed by atoms with Gasteiger partial charge in [-0.25, -0.2) is 0 Å². The van der Waals surface area contributed by atoms with Crippen LogP contribution in [0.15, 0.2) is 24.9 Å². The Labute approximate surface area is 97.7 Å². The number of nitrogens with two attached hydrogens (primary N) is 1. The summed E-state index contributed by atoms with van der Waals surface area (Å²) in [5.41, 5.74) is 6.27. The standard InChI is InChI=1S/C13H21N3/c1-4-5-6-7-12(16-14)13-11(3)8-10(2)9-15-13/h4,8-9,12,16H,1,5-7,14H2,2-3H3. The molecule has 0 fully saturated rings. The van der Waals surface area contributed by atoms with Gasteiger partial charge in [-0.3, -0.25) is 16.3 Å². The van der Waals surface area contributed by atoms with Gasteiger partial charge in [0.1, 0.15) is 0 Å². The molecule has 0 saturated heterocycles. The number of allylic oxidation sites excluding steroid dienone is 1. The van der Waals surface area contributed by atoms with Gasteiger partial charge >= 0.3 is 0 Å². The summed E-state index contributed by atoms with van der Waals surface area (Å²) in [6, 6.07) is 2.28. The van der Waals surface area contributed by atoms with Gasteiger partial charge < -0.3 is 0 Å². The summed E-state index contributed by atoms with van der Waals surface area (Å²) in [6.07, 6.45) is 6.90. The molecule has 1 aromatic heterocycles. The van der Waals surface area contributed by atoms with Crippen LogP contribution in [-0.2, 0) is 0 Å². The normalized spacial score (nSPS) is 12.4. The first kappa shape index (κ1) is 12.9. The Balaban J connectivity index is 2.74. The molecule has 16 heavy (non-hydrogen) atoms. The van der Waals surface area contributed by atoms with Gasteiger partial charge in [0, 0.05) is 6.20 Å². The molecule has 0 aromatic carbocycles. The molecule has 0 saturated carbocycles. The molecule has 0 amide bonds. The summed E-state index contributed by atoms with van der Waals surface area (Å²) in [5, 5.41) is 0. The molecule has 3 nitrogen and oxygen atoms in total. The Morgan fingerprint density at radius 1 is 1.56 bits per heavy atom. The summed E-state index contributed by atoms with van der Waals surface area (Å²) in [5.74, 6) is 5.58. The molecule has 1 aromatic rings. The van der Waals surface area contributed by atoms with Crippen LogP contribution in [-0.4, -0.2) is 4.98 Å². The number of hydrazine groups is 1. The van der Waals surface area contributed by atoms with Crippen LogP contribution >= 0.6 is 0 Å². The van der Waals surface area contributed by atoms with E-state index in [1.807, 2.05) is 19.2 Å². The largest absolute Gasteiger partial charge is 0.271 e. The van der Waals surface area contributed by atoms with E-state index in [9.17, 15) is 0 Å². The SMILES string of the molecule is C=CCCCC(NN)c1ncc(C)cc1C. The van der Waals surface area contributed by atoms with Gasteiger partial charge in [-0.2, -0.15) is 0 Å². The lowest BCUT2D eigenvalue weighted by Gasteiger charge is -2.17. The number of unbranched alkanes of at least 4 members (excludes halogenated alkanes) is 1. The number of aromatic nitrogens is 1. The van der Waals surface area contributed by atoms with Crippen molar-refractivity contribution < 1.29 is 0 Å². The molecular formula is C13H21N3. The van der Waals surface area contributed by atoms with E-state index < -0.39 is 0 Å². The molecule has 88 valence electrons. The monoisotopic (exact) mass is 219 g/mol. The minimum atomic E-state index is 0.139. The molecule has 0 aliphatic carbocycles. The van der Waals surface area contributed by atoms with Crippen LogP contribution in [0.25, 0.3) is 0 Å². The van der Waals surface area contributed by atoms with Crippen molar-refractivity contribution >= 4 is 0 Å². The maximum absolute atomic E-state index is 5.58. The molecule has 0 spiro atoms. The van der Waals surface area contributed by atoms with Crippen molar-refractivity contribution in [2.75, 3.05) is 0 Å². The number of hydrogen-bond acceptors (Lipinski definition) is 3. The molecule has 3 N–H and O–H groups in total. The molecule has 1 unspecified atom stereocenters. The van der Waals surface area contributed by atoms with Crippen LogP contribution in [0.5, 0.6) is 0 Å². The topological polar surface area (TPSA) is 50.9 Å². The predicted molar refractivity (Wildman–Crippen MR) is 67.8 cm³/mol. The van der Waals surface area contributed by atoms with Crippen LogP contribution in [0.3, 0.4) is 0 Å². The van der Waals surface area contributed by atoms with Crippen molar-refractivity contribution in [1.82, 2.24) is 10.4 Å². The maximum Gasteiger partial charge on any atom is 0.0635 e. The Morgan fingerprint density at radius 2 is 2.31 bits per heavy atom. The van der Waals surface area contributed by atoms with E-state index in [-0.39, 0.29) is 6.04 Å².